The first kappa shape index (κ1) is 12.1. The van der Waals surface area contributed by atoms with Crippen LogP contribution in [0.15, 0.2) is 30.5 Å². The minimum absolute atomic E-state index is 0.237. The molecule has 1 aromatic rings. The lowest BCUT2D eigenvalue weighted by Gasteiger charge is -2.20. The third-order valence-corrected chi connectivity index (χ3v) is 3.00. The molecule has 0 spiro atoms. The number of nitrogens with one attached hydrogen (secondary N) is 1. The molecule has 4 heteroatoms. The highest BCUT2D eigenvalue weighted by atomic mass is 35.5. The lowest BCUT2D eigenvalue weighted by Crippen LogP contribution is -2.22. The Morgan fingerprint density at radius 2 is 2.41 bits per heavy atom. The molecule has 1 N–H and O–H groups in total. The van der Waals surface area contributed by atoms with Gasteiger partial charge in [-0.25, -0.2) is 0 Å². The van der Waals surface area contributed by atoms with Gasteiger partial charge in [-0.2, -0.15) is 0 Å². The molecule has 0 aromatic heterocycles. The van der Waals surface area contributed by atoms with Crippen LogP contribution in [0, 0.1) is 0 Å². The van der Waals surface area contributed by atoms with E-state index in [4.69, 9.17) is 21.1 Å². The van der Waals surface area contributed by atoms with E-state index in [9.17, 15) is 0 Å². The largest absolute Gasteiger partial charge is 0.497 e. The smallest absolute Gasteiger partial charge is 0.137 e. The molecule has 0 aliphatic carbocycles. The average molecular weight is 254 g/mol. The molecule has 0 amide bonds. The SMILES string of the molecule is COc1ccc(NC[C@@H]2CCC=CO2)cc1Cl. The fourth-order valence-corrected chi connectivity index (χ4v) is 2.00. The summed E-state index contributed by atoms with van der Waals surface area (Å²) < 4.78 is 10.6. The Kier molecular flexibility index (Phi) is 4.15. The fraction of sp³-hybridized carbons (Fsp3) is 0.385. The van der Waals surface area contributed by atoms with Gasteiger partial charge in [-0.3, -0.25) is 0 Å². The molecular formula is C13H16ClNO2. The maximum absolute atomic E-state index is 6.04. The normalized spacial score (nSPS) is 18.6. The van der Waals surface area contributed by atoms with Gasteiger partial charge >= 0.3 is 0 Å². The van der Waals surface area contributed by atoms with E-state index in [1.54, 1.807) is 13.4 Å². The van der Waals surface area contributed by atoms with E-state index < -0.39 is 0 Å². The van der Waals surface area contributed by atoms with E-state index >= 15 is 0 Å². The number of anilines is 1. The van der Waals surface area contributed by atoms with Gasteiger partial charge in [-0.1, -0.05) is 11.6 Å². The number of hydrogen-bond donors (Lipinski definition) is 1. The van der Waals surface area contributed by atoms with Crippen LogP contribution in [0.5, 0.6) is 5.75 Å². The van der Waals surface area contributed by atoms with Gasteiger partial charge in [0.15, 0.2) is 0 Å². The quantitative estimate of drug-likeness (QED) is 0.892. The average Bonchev–Trinajstić information content (AvgIpc) is 2.38. The van der Waals surface area contributed by atoms with Crippen molar-refractivity contribution in [2.75, 3.05) is 19.0 Å². The number of hydrogen-bond acceptors (Lipinski definition) is 3. The summed E-state index contributed by atoms with van der Waals surface area (Å²) in [5.41, 5.74) is 0.981. The molecule has 1 aromatic carbocycles. The molecule has 0 fully saturated rings. The van der Waals surface area contributed by atoms with Gasteiger partial charge in [0.05, 0.1) is 24.9 Å². The molecule has 1 atom stereocenters. The van der Waals surface area contributed by atoms with Crippen molar-refractivity contribution in [1.29, 1.82) is 0 Å². The van der Waals surface area contributed by atoms with Gasteiger partial charge < -0.3 is 14.8 Å². The third-order valence-electron chi connectivity index (χ3n) is 2.71. The van der Waals surface area contributed by atoms with Crippen LogP contribution >= 0.6 is 11.6 Å². The maximum Gasteiger partial charge on any atom is 0.137 e. The minimum Gasteiger partial charge on any atom is -0.497 e. The maximum atomic E-state index is 6.04. The van der Waals surface area contributed by atoms with Gasteiger partial charge in [0.1, 0.15) is 11.9 Å². The Labute approximate surface area is 106 Å². The van der Waals surface area contributed by atoms with Crippen LogP contribution in [0.1, 0.15) is 12.8 Å². The van der Waals surface area contributed by atoms with E-state index in [-0.39, 0.29) is 6.10 Å². The number of benzene rings is 1. The first-order valence-electron chi connectivity index (χ1n) is 5.67. The lowest BCUT2D eigenvalue weighted by molar-refractivity contribution is 0.135. The van der Waals surface area contributed by atoms with Crippen molar-refractivity contribution in [2.45, 2.75) is 18.9 Å². The van der Waals surface area contributed by atoms with Crippen molar-refractivity contribution >= 4 is 17.3 Å². The van der Waals surface area contributed by atoms with Gasteiger partial charge in [-0.15, -0.1) is 0 Å². The summed E-state index contributed by atoms with van der Waals surface area (Å²) in [6.07, 6.45) is 6.18. The highest BCUT2D eigenvalue weighted by Crippen LogP contribution is 2.27. The van der Waals surface area contributed by atoms with Crippen LogP contribution in [0.25, 0.3) is 0 Å². The molecule has 0 radical (unpaired) electrons. The second-order valence-electron chi connectivity index (χ2n) is 3.94. The van der Waals surface area contributed by atoms with Crippen molar-refractivity contribution in [3.63, 3.8) is 0 Å². The summed E-state index contributed by atoms with van der Waals surface area (Å²) >= 11 is 6.04. The molecule has 0 unspecified atom stereocenters. The number of methoxy groups -OCH3 is 1. The summed E-state index contributed by atoms with van der Waals surface area (Å²) in [5, 5.41) is 3.92. The molecule has 1 heterocycles. The van der Waals surface area contributed by atoms with Crippen LogP contribution in [-0.2, 0) is 4.74 Å². The standard InChI is InChI=1S/C13H16ClNO2/c1-16-13-6-5-10(8-12(13)14)15-9-11-4-2-3-7-17-11/h3,5-8,11,15H,2,4,9H2,1H3/t11-/m0/s1. The van der Waals surface area contributed by atoms with Crippen molar-refractivity contribution in [3.05, 3.63) is 35.6 Å². The van der Waals surface area contributed by atoms with Crippen molar-refractivity contribution < 1.29 is 9.47 Å². The fourth-order valence-electron chi connectivity index (χ4n) is 1.74. The van der Waals surface area contributed by atoms with E-state index in [2.05, 4.69) is 5.32 Å². The summed E-state index contributed by atoms with van der Waals surface area (Å²) in [5.74, 6) is 0.689. The first-order valence-corrected chi connectivity index (χ1v) is 6.05. The predicted molar refractivity (Wildman–Crippen MR) is 69.7 cm³/mol. The molecular weight excluding hydrogens is 238 g/mol. The van der Waals surface area contributed by atoms with Crippen LogP contribution < -0.4 is 10.1 Å². The van der Waals surface area contributed by atoms with Crippen LogP contribution in [0.4, 0.5) is 5.69 Å². The lowest BCUT2D eigenvalue weighted by atomic mass is 10.1. The van der Waals surface area contributed by atoms with Crippen LogP contribution in [0.2, 0.25) is 5.02 Å². The molecule has 2 rings (SSSR count). The number of rotatable bonds is 4. The Hall–Kier alpha value is -1.35. The summed E-state index contributed by atoms with van der Waals surface area (Å²) in [6.45, 7) is 0.785. The van der Waals surface area contributed by atoms with Crippen molar-refractivity contribution in [2.24, 2.45) is 0 Å². The summed E-state index contributed by atoms with van der Waals surface area (Å²) in [7, 11) is 1.61. The predicted octanol–water partition coefficient (Wildman–Crippen LogP) is 3.45. The second-order valence-corrected chi connectivity index (χ2v) is 4.34. The molecule has 0 bridgehead atoms. The number of halogens is 1. The van der Waals surface area contributed by atoms with Gasteiger partial charge in [0.25, 0.3) is 0 Å². The first-order chi connectivity index (χ1) is 8.29. The molecule has 0 saturated carbocycles. The zero-order valence-electron chi connectivity index (χ0n) is 9.78. The minimum atomic E-state index is 0.237. The van der Waals surface area contributed by atoms with Crippen molar-refractivity contribution in [1.82, 2.24) is 0 Å². The van der Waals surface area contributed by atoms with E-state index in [1.165, 1.54) is 0 Å². The molecule has 17 heavy (non-hydrogen) atoms. The Bertz CT molecular complexity index is 406. The molecule has 92 valence electrons. The molecule has 1 aliphatic rings. The van der Waals surface area contributed by atoms with Gasteiger partial charge in [0.2, 0.25) is 0 Å². The Balaban J connectivity index is 1.90. The Morgan fingerprint density at radius 3 is 3.06 bits per heavy atom. The Morgan fingerprint density at radius 1 is 1.53 bits per heavy atom. The molecule has 1 aliphatic heterocycles. The molecule has 3 nitrogen and oxygen atoms in total. The van der Waals surface area contributed by atoms with Gasteiger partial charge in [-0.05, 0) is 37.1 Å². The van der Waals surface area contributed by atoms with Crippen molar-refractivity contribution in [3.8, 4) is 5.75 Å². The number of ether oxygens (including phenoxy) is 2. The number of allylic oxidation sites excluding steroid dienone is 1. The van der Waals surface area contributed by atoms with E-state index in [0.29, 0.717) is 10.8 Å². The van der Waals surface area contributed by atoms with E-state index in [0.717, 1.165) is 25.1 Å². The summed E-state index contributed by atoms with van der Waals surface area (Å²) in [4.78, 5) is 0. The summed E-state index contributed by atoms with van der Waals surface area (Å²) in [6, 6.07) is 5.66. The third kappa shape index (κ3) is 3.30. The topological polar surface area (TPSA) is 30.5 Å². The van der Waals surface area contributed by atoms with Crippen LogP contribution in [-0.4, -0.2) is 19.8 Å². The highest BCUT2D eigenvalue weighted by molar-refractivity contribution is 6.32. The van der Waals surface area contributed by atoms with Gasteiger partial charge in [0, 0.05) is 5.69 Å². The van der Waals surface area contributed by atoms with Crippen LogP contribution in [0.3, 0.4) is 0 Å². The van der Waals surface area contributed by atoms with E-state index in [1.807, 2.05) is 24.3 Å². The molecule has 0 saturated heterocycles. The highest BCUT2D eigenvalue weighted by Gasteiger charge is 2.10. The zero-order valence-corrected chi connectivity index (χ0v) is 10.5. The zero-order chi connectivity index (χ0) is 12.1. The second kappa shape index (κ2) is 5.82. The monoisotopic (exact) mass is 253 g/mol.